The highest BCUT2D eigenvalue weighted by atomic mass is 35.5. The highest BCUT2D eigenvalue weighted by molar-refractivity contribution is 6.31. The summed E-state index contributed by atoms with van der Waals surface area (Å²) in [6.45, 7) is 10.2. The second-order valence-electron chi connectivity index (χ2n) is 7.43. The molecule has 24 heavy (non-hydrogen) atoms. The van der Waals surface area contributed by atoms with Crippen LogP contribution in [0.1, 0.15) is 25.3 Å². The topological polar surface area (TPSA) is 9.72 Å². The lowest BCUT2D eigenvalue weighted by molar-refractivity contribution is 0.0598. The molecule has 1 atom stereocenters. The van der Waals surface area contributed by atoms with E-state index in [0.717, 1.165) is 31.1 Å². The van der Waals surface area contributed by atoms with Gasteiger partial charge >= 0.3 is 0 Å². The van der Waals surface area contributed by atoms with Crippen LogP contribution in [0.2, 0.25) is 5.02 Å². The van der Waals surface area contributed by atoms with E-state index in [9.17, 15) is 4.39 Å². The Morgan fingerprint density at radius 2 is 1.79 bits per heavy atom. The maximum atomic E-state index is 13.2. The third-order valence-corrected chi connectivity index (χ3v) is 6.19. The van der Waals surface area contributed by atoms with E-state index in [2.05, 4.69) is 28.7 Å². The zero-order valence-corrected chi connectivity index (χ0v) is 15.6. The van der Waals surface area contributed by atoms with Gasteiger partial charge in [-0.25, -0.2) is 4.39 Å². The molecule has 0 amide bonds. The summed E-state index contributed by atoms with van der Waals surface area (Å²) < 4.78 is 13.2. The number of piperazine rings is 1. The third-order valence-electron chi connectivity index (χ3n) is 5.84. The van der Waals surface area contributed by atoms with E-state index in [-0.39, 0.29) is 5.82 Å². The van der Waals surface area contributed by atoms with Gasteiger partial charge in [0.05, 0.1) is 0 Å². The first-order valence-corrected chi connectivity index (χ1v) is 9.49. The molecule has 0 radical (unpaired) electrons. The minimum atomic E-state index is -0.261. The molecule has 0 saturated carbocycles. The van der Waals surface area contributed by atoms with E-state index < -0.39 is 0 Å². The predicted molar refractivity (Wildman–Crippen MR) is 97.9 cm³/mol. The molecule has 2 fully saturated rings. The summed E-state index contributed by atoms with van der Waals surface area (Å²) in [5, 5.41) is 0.544. The quantitative estimate of drug-likeness (QED) is 0.822. The van der Waals surface area contributed by atoms with Gasteiger partial charge in [0.1, 0.15) is 5.82 Å². The summed E-state index contributed by atoms with van der Waals surface area (Å²) in [5.41, 5.74) is 1.03. The monoisotopic (exact) mass is 353 g/mol. The van der Waals surface area contributed by atoms with Crippen molar-refractivity contribution in [3.05, 3.63) is 34.6 Å². The smallest absolute Gasteiger partial charge is 0.124 e. The number of piperidine rings is 1. The number of nitrogens with zero attached hydrogens (tertiary/aromatic N) is 3. The average molecular weight is 354 g/mol. The molecular formula is C19H29ClFN3. The van der Waals surface area contributed by atoms with Crippen molar-refractivity contribution in [1.29, 1.82) is 0 Å². The fraction of sp³-hybridized carbons (Fsp3) is 0.684. The van der Waals surface area contributed by atoms with Crippen LogP contribution in [0.5, 0.6) is 0 Å². The van der Waals surface area contributed by atoms with Gasteiger partial charge in [0.15, 0.2) is 0 Å². The number of benzene rings is 1. The molecule has 2 aliphatic heterocycles. The van der Waals surface area contributed by atoms with E-state index in [1.54, 1.807) is 0 Å². The van der Waals surface area contributed by atoms with E-state index in [0.29, 0.717) is 11.1 Å². The Hall–Kier alpha value is -0.680. The molecule has 0 bridgehead atoms. The van der Waals surface area contributed by atoms with E-state index >= 15 is 0 Å². The maximum absolute atomic E-state index is 13.2. The van der Waals surface area contributed by atoms with Gasteiger partial charge in [0.2, 0.25) is 0 Å². The third kappa shape index (κ3) is 4.48. The molecule has 0 aliphatic carbocycles. The fourth-order valence-electron chi connectivity index (χ4n) is 4.01. The first-order valence-electron chi connectivity index (χ1n) is 9.12. The van der Waals surface area contributed by atoms with Gasteiger partial charge in [-0.15, -0.1) is 0 Å². The van der Waals surface area contributed by atoms with Crippen LogP contribution in [0.25, 0.3) is 0 Å². The van der Waals surface area contributed by atoms with Crippen LogP contribution in [-0.2, 0) is 6.54 Å². The highest BCUT2D eigenvalue weighted by Gasteiger charge is 2.29. The molecular weight excluding hydrogens is 325 g/mol. The minimum Gasteiger partial charge on any atom is -0.304 e. The Bertz CT molecular complexity index is 537. The predicted octanol–water partition coefficient (Wildman–Crippen LogP) is 3.33. The van der Waals surface area contributed by atoms with Crippen molar-refractivity contribution < 1.29 is 4.39 Å². The van der Waals surface area contributed by atoms with Crippen LogP contribution in [0, 0.1) is 11.7 Å². The molecule has 1 aromatic rings. The van der Waals surface area contributed by atoms with Crippen LogP contribution in [0.4, 0.5) is 4.39 Å². The van der Waals surface area contributed by atoms with E-state index in [1.165, 1.54) is 51.2 Å². The van der Waals surface area contributed by atoms with Gasteiger partial charge in [-0.3, -0.25) is 9.80 Å². The molecule has 0 N–H and O–H groups in total. The summed E-state index contributed by atoms with van der Waals surface area (Å²) in [6.07, 6.45) is 2.48. The number of hydrogen-bond donors (Lipinski definition) is 0. The molecule has 3 rings (SSSR count). The molecule has 134 valence electrons. The Morgan fingerprint density at radius 1 is 1.12 bits per heavy atom. The second kappa shape index (κ2) is 8.13. The van der Waals surface area contributed by atoms with Crippen molar-refractivity contribution in [2.24, 2.45) is 5.92 Å². The van der Waals surface area contributed by atoms with Crippen LogP contribution in [0.15, 0.2) is 18.2 Å². The van der Waals surface area contributed by atoms with Crippen LogP contribution >= 0.6 is 11.6 Å². The number of halogens is 2. The standard InChI is InChI=1S/C19H29ClFN3/c1-15(24-11-9-22(2)10-12-24)16-5-7-23(8-6-16)14-17-3-4-18(21)13-19(17)20/h3-4,13,15-16H,5-12,14H2,1-2H3/t15-/m0/s1. The van der Waals surface area contributed by atoms with Crippen molar-refractivity contribution in [2.45, 2.75) is 32.4 Å². The molecule has 0 spiro atoms. The Morgan fingerprint density at radius 3 is 2.42 bits per heavy atom. The minimum absolute atomic E-state index is 0.261. The van der Waals surface area contributed by atoms with Crippen molar-refractivity contribution in [2.75, 3.05) is 46.3 Å². The summed E-state index contributed by atoms with van der Waals surface area (Å²) in [6, 6.07) is 5.41. The summed E-state index contributed by atoms with van der Waals surface area (Å²) in [4.78, 5) is 7.53. The van der Waals surface area contributed by atoms with Crippen molar-refractivity contribution >= 4 is 11.6 Å². The Kier molecular flexibility index (Phi) is 6.14. The molecule has 2 saturated heterocycles. The van der Waals surface area contributed by atoms with E-state index in [1.807, 2.05) is 6.07 Å². The first-order chi connectivity index (χ1) is 11.5. The number of hydrogen-bond acceptors (Lipinski definition) is 3. The van der Waals surface area contributed by atoms with Crippen molar-refractivity contribution in [1.82, 2.24) is 14.7 Å². The normalized spacial score (nSPS) is 23.5. The van der Waals surface area contributed by atoms with Gasteiger partial charge < -0.3 is 4.90 Å². The lowest BCUT2D eigenvalue weighted by Crippen LogP contribution is -2.51. The maximum Gasteiger partial charge on any atom is 0.124 e. The molecule has 5 heteroatoms. The molecule has 1 aromatic carbocycles. The van der Waals surface area contributed by atoms with Crippen LogP contribution in [0.3, 0.4) is 0 Å². The lowest BCUT2D eigenvalue weighted by atomic mass is 9.89. The summed E-state index contributed by atoms with van der Waals surface area (Å²) >= 11 is 6.16. The second-order valence-corrected chi connectivity index (χ2v) is 7.84. The number of likely N-dealkylation sites (N-methyl/N-ethyl adjacent to an activating group) is 1. The summed E-state index contributed by atoms with van der Waals surface area (Å²) in [5.74, 6) is 0.525. The SMILES string of the molecule is C[C@@H](C1CCN(Cc2ccc(F)cc2Cl)CC1)N1CCN(C)CC1. The van der Waals surface area contributed by atoms with Gasteiger partial charge in [0.25, 0.3) is 0 Å². The van der Waals surface area contributed by atoms with E-state index in [4.69, 9.17) is 11.6 Å². The van der Waals surface area contributed by atoms with Gasteiger partial charge in [-0.1, -0.05) is 17.7 Å². The molecule has 2 heterocycles. The Balaban J connectivity index is 1.48. The first kappa shape index (κ1) is 18.1. The molecule has 0 aromatic heterocycles. The largest absolute Gasteiger partial charge is 0.304 e. The average Bonchev–Trinajstić information content (AvgIpc) is 2.58. The molecule has 0 unspecified atom stereocenters. The van der Waals surface area contributed by atoms with Crippen molar-refractivity contribution in [3.63, 3.8) is 0 Å². The van der Waals surface area contributed by atoms with Gasteiger partial charge in [-0.2, -0.15) is 0 Å². The van der Waals surface area contributed by atoms with Gasteiger partial charge in [0, 0.05) is 43.8 Å². The summed E-state index contributed by atoms with van der Waals surface area (Å²) in [7, 11) is 2.21. The van der Waals surface area contributed by atoms with Crippen LogP contribution in [-0.4, -0.2) is 67.1 Å². The molecule has 3 nitrogen and oxygen atoms in total. The number of rotatable bonds is 4. The highest BCUT2D eigenvalue weighted by Crippen LogP contribution is 2.27. The van der Waals surface area contributed by atoms with Gasteiger partial charge in [-0.05, 0) is 63.5 Å². The van der Waals surface area contributed by atoms with Crippen molar-refractivity contribution in [3.8, 4) is 0 Å². The zero-order chi connectivity index (χ0) is 17.1. The van der Waals surface area contributed by atoms with Crippen LogP contribution < -0.4 is 0 Å². The fourth-order valence-corrected chi connectivity index (χ4v) is 4.24. The molecule has 2 aliphatic rings. The zero-order valence-electron chi connectivity index (χ0n) is 14.8. The number of likely N-dealkylation sites (tertiary alicyclic amines) is 1. The lowest BCUT2D eigenvalue weighted by Gasteiger charge is -2.42. The Labute approximate surface area is 150 Å².